The second-order valence-electron chi connectivity index (χ2n) is 8.35. The van der Waals surface area contributed by atoms with E-state index < -0.39 is 0 Å². The van der Waals surface area contributed by atoms with Gasteiger partial charge in [-0.25, -0.2) is 4.39 Å². The maximum atomic E-state index is 13.5. The Morgan fingerprint density at radius 2 is 2.16 bits per heavy atom. The zero-order valence-corrected chi connectivity index (χ0v) is 17.5. The molecule has 9 heteroatoms. The predicted molar refractivity (Wildman–Crippen MR) is 115 cm³/mol. The third kappa shape index (κ3) is 2.96. The average molecular weight is 432 g/mol. The zero-order chi connectivity index (χ0) is 21.8. The van der Waals surface area contributed by atoms with Crippen molar-refractivity contribution in [1.29, 1.82) is 0 Å². The number of fused-ring (bicyclic) bond motifs is 2. The number of hydrogen-bond donors (Lipinski definition) is 0. The minimum absolute atomic E-state index is 0.0466. The molecular formula is C23H21FN6O2. The first-order valence-corrected chi connectivity index (χ1v) is 10.7. The van der Waals surface area contributed by atoms with Gasteiger partial charge in [0, 0.05) is 49.8 Å². The molecule has 2 unspecified atom stereocenters. The summed E-state index contributed by atoms with van der Waals surface area (Å²) in [4.78, 5) is 18.3. The topological polar surface area (TPSA) is 80.9 Å². The number of carbonyl (C=O) groups is 1. The Bertz CT molecular complexity index is 1410. The van der Waals surface area contributed by atoms with Crippen molar-refractivity contribution >= 4 is 17.4 Å². The molecule has 1 fully saturated rings. The lowest BCUT2D eigenvalue weighted by atomic mass is 9.94. The molecule has 0 aromatic carbocycles. The maximum absolute atomic E-state index is 13.5. The van der Waals surface area contributed by atoms with Gasteiger partial charge < -0.3 is 9.32 Å². The van der Waals surface area contributed by atoms with Crippen molar-refractivity contribution in [2.75, 3.05) is 13.1 Å². The Morgan fingerprint density at radius 1 is 1.25 bits per heavy atom. The van der Waals surface area contributed by atoms with Gasteiger partial charge in [-0.05, 0) is 37.1 Å². The number of carbonyl (C=O) groups excluding carboxylic acids is 1. The summed E-state index contributed by atoms with van der Waals surface area (Å²) in [5.74, 6) is 1.29. The Kier molecular flexibility index (Phi) is 4.24. The minimum Gasteiger partial charge on any atom is -0.432 e. The highest BCUT2D eigenvalue weighted by molar-refractivity contribution is 5.73. The monoisotopic (exact) mass is 432 g/mol. The second-order valence-corrected chi connectivity index (χ2v) is 8.35. The number of allylic oxidation sites excluding steroid dienone is 4. The van der Waals surface area contributed by atoms with Crippen LogP contribution in [0.2, 0.25) is 0 Å². The van der Waals surface area contributed by atoms with E-state index in [-0.39, 0.29) is 23.6 Å². The van der Waals surface area contributed by atoms with Gasteiger partial charge in [-0.3, -0.25) is 13.6 Å². The van der Waals surface area contributed by atoms with Crippen molar-refractivity contribution in [1.82, 2.24) is 28.9 Å². The number of nitrogens with zero attached hydrogens (tertiary/aromatic N) is 6. The SMILES string of the molecule is CC(=O)N1CCC(c2nnc3ccc(-c4c(C5C=CC(F)=CC5)nc5occn45)cn23)C1. The van der Waals surface area contributed by atoms with Crippen LogP contribution in [0.4, 0.5) is 4.39 Å². The van der Waals surface area contributed by atoms with E-state index in [1.54, 1.807) is 19.3 Å². The van der Waals surface area contributed by atoms with Gasteiger partial charge in [0.15, 0.2) is 5.65 Å². The number of oxazole rings is 1. The van der Waals surface area contributed by atoms with Crippen molar-refractivity contribution in [2.45, 2.75) is 31.6 Å². The molecule has 6 rings (SSSR count). The number of aromatic nitrogens is 5. The fourth-order valence-corrected chi connectivity index (χ4v) is 4.73. The molecule has 5 heterocycles. The summed E-state index contributed by atoms with van der Waals surface area (Å²) in [7, 11) is 0. The number of halogens is 1. The van der Waals surface area contributed by atoms with Crippen LogP contribution in [0.1, 0.15) is 43.1 Å². The summed E-state index contributed by atoms with van der Waals surface area (Å²) in [6.07, 6.45) is 11.8. The summed E-state index contributed by atoms with van der Waals surface area (Å²) >= 11 is 0. The Labute approximate surface area is 182 Å². The fraction of sp³-hybridized carbons (Fsp3) is 0.304. The molecule has 0 bridgehead atoms. The quantitative estimate of drug-likeness (QED) is 0.491. The molecule has 0 radical (unpaired) electrons. The zero-order valence-electron chi connectivity index (χ0n) is 17.5. The summed E-state index contributed by atoms with van der Waals surface area (Å²) in [6, 6.07) is 3.93. The van der Waals surface area contributed by atoms with Gasteiger partial charge in [0.05, 0.1) is 11.4 Å². The van der Waals surface area contributed by atoms with Crippen molar-refractivity contribution in [3.8, 4) is 11.3 Å². The van der Waals surface area contributed by atoms with E-state index in [0.29, 0.717) is 18.8 Å². The van der Waals surface area contributed by atoms with E-state index in [1.807, 2.05) is 44.3 Å². The number of likely N-dealkylation sites (tertiary alicyclic amines) is 1. The standard InChI is InChI=1S/C23H21FN6O2/c1-14(31)28-9-8-17(12-28)22-27-26-19-7-4-16(13-30(19)22)21-20(15-2-5-18(24)6-3-15)25-23-29(21)10-11-32-23/h2,4-7,10-11,13,15,17H,3,8-9,12H2,1H3. The normalized spacial score (nSPS) is 21.1. The first kappa shape index (κ1) is 19.0. The summed E-state index contributed by atoms with van der Waals surface area (Å²) < 4.78 is 23.0. The molecule has 0 saturated carbocycles. The molecule has 1 amide bonds. The number of rotatable bonds is 3. The molecule has 0 spiro atoms. The van der Waals surface area contributed by atoms with Gasteiger partial charge in [-0.1, -0.05) is 6.08 Å². The van der Waals surface area contributed by atoms with Crippen LogP contribution >= 0.6 is 0 Å². The lowest BCUT2D eigenvalue weighted by molar-refractivity contribution is -0.127. The molecule has 2 atom stereocenters. The van der Waals surface area contributed by atoms with E-state index in [1.165, 1.54) is 6.08 Å². The molecule has 0 N–H and O–H groups in total. The highest BCUT2D eigenvalue weighted by Gasteiger charge is 2.29. The summed E-state index contributed by atoms with van der Waals surface area (Å²) in [6.45, 7) is 2.98. The molecule has 8 nitrogen and oxygen atoms in total. The van der Waals surface area contributed by atoms with Crippen molar-refractivity contribution < 1.29 is 13.6 Å². The van der Waals surface area contributed by atoms with E-state index in [0.717, 1.165) is 41.4 Å². The van der Waals surface area contributed by atoms with Crippen molar-refractivity contribution in [2.24, 2.45) is 0 Å². The van der Waals surface area contributed by atoms with Crippen molar-refractivity contribution in [3.05, 3.63) is 66.4 Å². The maximum Gasteiger partial charge on any atom is 0.306 e. The Balaban J connectivity index is 1.45. The lowest BCUT2D eigenvalue weighted by Gasteiger charge is -2.15. The molecule has 4 aromatic rings. The summed E-state index contributed by atoms with van der Waals surface area (Å²) in [5.41, 5.74) is 3.42. The van der Waals surface area contributed by atoms with Crippen LogP contribution in [0, 0.1) is 0 Å². The molecule has 32 heavy (non-hydrogen) atoms. The molecule has 2 aliphatic rings. The molecule has 4 aromatic heterocycles. The molecule has 1 aliphatic heterocycles. The lowest BCUT2D eigenvalue weighted by Crippen LogP contribution is -2.25. The fourth-order valence-electron chi connectivity index (χ4n) is 4.73. The average Bonchev–Trinajstić information content (AvgIpc) is 3.55. The van der Waals surface area contributed by atoms with Crippen molar-refractivity contribution in [3.63, 3.8) is 0 Å². The Hall–Kier alpha value is -3.75. The van der Waals surface area contributed by atoms with Crippen LogP contribution in [0.5, 0.6) is 0 Å². The number of pyridine rings is 1. The second kappa shape index (κ2) is 7.15. The van der Waals surface area contributed by atoms with Crippen LogP contribution < -0.4 is 0 Å². The number of imidazole rings is 1. The van der Waals surface area contributed by atoms with Crippen LogP contribution in [0.25, 0.3) is 22.7 Å². The Morgan fingerprint density at radius 3 is 2.94 bits per heavy atom. The highest BCUT2D eigenvalue weighted by atomic mass is 19.1. The molecular weight excluding hydrogens is 411 g/mol. The minimum atomic E-state index is -0.225. The van der Waals surface area contributed by atoms with Crippen LogP contribution in [0.15, 0.2) is 59.3 Å². The van der Waals surface area contributed by atoms with E-state index in [2.05, 4.69) is 10.2 Å². The third-order valence-corrected chi connectivity index (χ3v) is 6.40. The van der Waals surface area contributed by atoms with E-state index in [4.69, 9.17) is 9.40 Å². The third-order valence-electron chi connectivity index (χ3n) is 6.40. The molecule has 1 aliphatic carbocycles. The number of hydrogen-bond acceptors (Lipinski definition) is 5. The highest BCUT2D eigenvalue weighted by Crippen LogP contribution is 2.36. The van der Waals surface area contributed by atoms with Gasteiger partial charge >= 0.3 is 5.84 Å². The van der Waals surface area contributed by atoms with Gasteiger partial charge in [0.1, 0.15) is 17.9 Å². The first-order valence-electron chi connectivity index (χ1n) is 10.7. The van der Waals surface area contributed by atoms with E-state index >= 15 is 0 Å². The van der Waals surface area contributed by atoms with Crippen LogP contribution in [-0.2, 0) is 4.79 Å². The summed E-state index contributed by atoms with van der Waals surface area (Å²) in [5, 5.41) is 8.78. The smallest absolute Gasteiger partial charge is 0.306 e. The van der Waals surface area contributed by atoms with Crippen LogP contribution in [0.3, 0.4) is 0 Å². The molecule has 1 saturated heterocycles. The first-order chi connectivity index (χ1) is 15.6. The van der Waals surface area contributed by atoms with E-state index in [9.17, 15) is 9.18 Å². The van der Waals surface area contributed by atoms with Gasteiger partial charge in [-0.15, -0.1) is 10.2 Å². The van der Waals surface area contributed by atoms with Gasteiger partial charge in [-0.2, -0.15) is 4.98 Å². The van der Waals surface area contributed by atoms with Crippen LogP contribution in [-0.4, -0.2) is 47.9 Å². The van der Waals surface area contributed by atoms with Gasteiger partial charge in [0.25, 0.3) is 0 Å². The number of amides is 1. The molecule has 162 valence electrons. The van der Waals surface area contributed by atoms with Gasteiger partial charge in [0.2, 0.25) is 5.91 Å². The predicted octanol–water partition coefficient (Wildman–Crippen LogP) is 3.87. The largest absolute Gasteiger partial charge is 0.432 e.